The van der Waals surface area contributed by atoms with Gasteiger partial charge in [0.2, 0.25) is 5.95 Å². The molecule has 2 aliphatic heterocycles. The maximum atomic E-state index is 4.30. The van der Waals surface area contributed by atoms with Gasteiger partial charge in [0.25, 0.3) is 0 Å². The second-order valence-corrected chi connectivity index (χ2v) is 4.96. The molecule has 2 unspecified atom stereocenters. The van der Waals surface area contributed by atoms with Crippen molar-refractivity contribution in [2.75, 3.05) is 31.1 Å². The molecule has 3 heterocycles. The third kappa shape index (κ3) is 2.44. The van der Waals surface area contributed by atoms with Gasteiger partial charge in [-0.05, 0) is 19.3 Å². The molecule has 0 aromatic carbocycles. The predicted molar refractivity (Wildman–Crippen MR) is 69.5 cm³/mol. The molecule has 0 saturated carbocycles. The van der Waals surface area contributed by atoms with Crippen molar-refractivity contribution in [1.29, 1.82) is 0 Å². The third-order valence-corrected chi connectivity index (χ3v) is 3.82. The van der Waals surface area contributed by atoms with E-state index >= 15 is 0 Å². The number of nitrogens with one attached hydrogen (secondary N) is 2. The first-order valence-electron chi connectivity index (χ1n) is 6.78. The third-order valence-electron chi connectivity index (χ3n) is 3.82. The minimum Gasteiger partial charge on any atom is -0.336 e. The minimum atomic E-state index is 0.494. The predicted octanol–water partition coefficient (Wildman–Crippen LogP) is -0.208. The Hall–Kier alpha value is -1.27. The van der Waals surface area contributed by atoms with Crippen LogP contribution in [0.15, 0.2) is 12.7 Å². The minimum absolute atomic E-state index is 0.494. The molecule has 1 aromatic heterocycles. The zero-order valence-corrected chi connectivity index (χ0v) is 10.5. The van der Waals surface area contributed by atoms with Crippen LogP contribution in [0.1, 0.15) is 19.3 Å². The van der Waals surface area contributed by atoms with Crippen LogP contribution < -0.4 is 15.5 Å². The summed E-state index contributed by atoms with van der Waals surface area (Å²) in [6, 6.07) is 0.991. The van der Waals surface area contributed by atoms with E-state index in [1.165, 1.54) is 19.3 Å². The van der Waals surface area contributed by atoms with Gasteiger partial charge in [-0.2, -0.15) is 0 Å². The zero-order chi connectivity index (χ0) is 12.2. The van der Waals surface area contributed by atoms with Crippen molar-refractivity contribution in [3.8, 4) is 0 Å². The highest BCUT2D eigenvalue weighted by Crippen LogP contribution is 2.23. The lowest BCUT2D eigenvalue weighted by Gasteiger charge is -2.42. The maximum Gasteiger partial charge on any atom is 0.228 e. The van der Waals surface area contributed by atoms with Crippen molar-refractivity contribution < 1.29 is 0 Å². The number of aromatic nitrogens is 3. The number of hydrogen-bond acceptors (Lipinski definition) is 6. The van der Waals surface area contributed by atoms with Crippen LogP contribution in [0.3, 0.4) is 0 Å². The van der Waals surface area contributed by atoms with Crippen molar-refractivity contribution >= 4 is 5.95 Å². The van der Waals surface area contributed by atoms with Gasteiger partial charge in [0.15, 0.2) is 0 Å². The lowest BCUT2D eigenvalue weighted by atomic mass is 9.95. The van der Waals surface area contributed by atoms with Crippen LogP contribution in [-0.2, 0) is 0 Å². The molecule has 6 heteroatoms. The highest BCUT2D eigenvalue weighted by atomic mass is 15.3. The molecule has 0 amide bonds. The molecule has 98 valence electrons. The van der Waals surface area contributed by atoms with E-state index in [9.17, 15) is 0 Å². The van der Waals surface area contributed by atoms with Crippen LogP contribution in [0.5, 0.6) is 0 Å². The average molecular weight is 248 g/mol. The molecule has 6 nitrogen and oxygen atoms in total. The summed E-state index contributed by atoms with van der Waals surface area (Å²) in [5.74, 6) is 0.821. The van der Waals surface area contributed by atoms with E-state index in [-0.39, 0.29) is 0 Å². The molecule has 2 aliphatic rings. The molecule has 2 fully saturated rings. The first-order chi connectivity index (χ1) is 8.95. The van der Waals surface area contributed by atoms with Gasteiger partial charge in [0.05, 0.1) is 0 Å². The van der Waals surface area contributed by atoms with Crippen molar-refractivity contribution in [1.82, 2.24) is 25.6 Å². The summed E-state index contributed by atoms with van der Waals surface area (Å²) >= 11 is 0. The molecule has 0 radical (unpaired) electrons. The molecule has 1 aromatic rings. The molecule has 2 N–H and O–H groups in total. The van der Waals surface area contributed by atoms with Gasteiger partial charge in [-0.1, -0.05) is 0 Å². The second kappa shape index (κ2) is 5.58. The standard InChI is InChI=1S/C12H20N6/c1-2-6-18(12-16-8-14-9-17-12)11(3-1)10-7-13-4-5-15-10/h8-11,13,15H,1-7H2. The summed E-state index contributed by atoms with van der Waals surface area (Å²) < 4.78 is 0. The summed E-state index contributed by atoms with van der Waals surface area (Å²) in [7, 11) is 0. The van der Waals surface area contributed by atoms with Crippen LogP contribution in [0.2, 0.25) is 0 Å². The molecular weight excluding hydrogens is 228 g/mol. The van der Waals surface area contributed by atoms with Gasteiger partial charge in [0.1, 0.15) is 12.7 Å². The topological polar surface area (TPSA) is 66.0 Å². The summed E-state index contributed by atoms with van der Waals surface area (Å²) in [6.45, 7) is 4.19. The maximum absolute atomic E-state index is 4.30. The zero-order valence-electron chi connectivity index (χ0n) is 10.5. The Morgan fingerprint density at radius 3 is 2.83 bits per heavy atom. The molecule has 0 spiro atoms. The second-order valence-electron chi connectivity index (χ2n) is 4.96. The summed E-state index contributed by atoms with van der Waals surface area (Å²) in [5.41, 5.74) is 0. The van der Waals surface area contributed by atoms with Crippen LogP contribution in [0, 0.1) is 0 Å². The summed E-state index contributed by atoms with van der Waals surface area (Å²) in [5, 5.41) is 7.08. The van der Waals surface area contributed by atoms with Gasteiger partial charge >= 0.3 is 0 Å². The summed E-state index contributed by atoms with van der Waals surface area (Å²) in [6.07, 6.45) is 6.90. The first-order valence-corrected chi connectivity index (χ1v) is 6.78. The Morgan fingerprint density at radius 2 is 2.06 bits per heavy atom. The van der Waals surface area contributed by atoms with Crippen LogP contribution in [0.25, 0.3) is 0 Å². The van der Waals surface area contributed by atoms with Gasteiger partial charge in [-0.15, -0.1) is 0 Å². The van der Waals surface area contributed by atoms with Gasteiger partial charge in [-0.3, -0.25) is 0 Å². The highest BCUT2D eigenvalue weighted by Gasteiger charge is 2.31. The molecule has 0 bridgehead atoms. The highest BCUT2D eigenvalue weighted by molar-refractivity contribution is 5.31. The Balaban J connectivity index is 1.77. The van der Waals surface area contributed by atoms with E-state index in [2.05, 4.69) is 30.5 Å². The number of anilines is 1. The van der Waals surface area contributed by atoms with Crippen LogP contribution >= 0.6 is 0 Å². The largest absolute Gasteiger partial charge is 0.336 e. The van der Waals surface area contributed by atoms with Crippen LogP contribution in [-0.4, -0.2) is 53.2 Å². The van der Waals surface area contributed by atoms with Gasteiger partial charge < -0.3 is 15.5 Å². The van der Waals surface area contributed by atoms with E-state index in [1.54, 1.807) is 12.7 Å². The fraction of sp³-hybridized carbons (Fsp3) is 0.750. The van der Waals surface area contributed by atoms with E-state index in [4.69, 9.17) is 0 Å². The Bertz CT molecular complexity index is 364. The first kappa shape index (κ1) is 11.8. The summed E-state index contributed by atoms with van der Waals surface area (Å²) in [4.78, 5) is 14.9. The fourth-order valence-electron chi connectivity index (χ4n) is 2.95. The smallest absolute Gasteiger partial charge is 0.228 e. The molecule has 2 saturated heterocycles. The monoisotopic (exact) mass is 248 g/mol. The normalized spacial score (nSPS) is 29.2. The average Bonchev–Trinajstić information content (AvgIpc) is 2.49. The number of piperidine rings is 1. The Labute approximate surface area is 107 Å². The number of piperazine rings is 1. The van der Waals surface area contributed by atoms with Gasteiger partial charge in [0, 0.05) is 38.3 Å². The van der Waals surface area contributed by atoms with E-state index in [0.29, 0.717) is 12.1 Å². The van der Waals surface area contributed by atoms with E-state index in [0.717, 1.165) is 32.1 Å². The molecular formula is C12H20N6. The number of nitrogens with zero attached hydrogens (tertiary/aromatic N) is 4. The van der Waals surface area contributed by atoms with Crippen molar-refractivity contribution in [3.05, 3.63) is 12.7 Å². The van der Waals surface area contributed by atoms with E-state index in [1.807, 2.05) is 0 Å². The van der Waals surface area contributed by atoms with E-state index < -0.39 is 0 Å². The molecule has 18 heavy (non-hydrogen) atoms. The molecule has 2 atom stereocenters. The van der Waals surface area contributed by atoms with Crippen molar-refractivity contribution in [2.24, 2.45) is 0 Å². The Kier molecular flexibility index (Phi) is 3.66. The van der Waals surface area contributed by atoms with Gasteiger partial charge in [-0.25, -0.2) is 15.0 Å². The quantitative estimate of drug-likeness (QED) is 0.755. The van der Waals surface area contributed by atoms with Crippen molar-refractivity contribution in [3.63, 3.8) is 0 Å². The SMILES string of the molecule is c1ncnc(N2CCCCC2C2CNCCN2)n1. The fourth-order valence-corrected chi connectivity index (χ4v) is 2.95. The lowest BCUT2D eigenvalue weighted by molar-refractivity contribution is 0.312. The number of hydrogen-bond donors (Lipinski definition) is 2. The Morgan fingerprint density at radius 1 is 1.17 bits per heavy atom. The number of rotatable bonds is 2. The molecule has 3 rings (SSSR count). The molecule has 0 aliphatic carbocycles. The van der Waals surface area contributed by atoms with Crippen molar-refractivity contribution in [2.45, 2.75) is 31.3 Å². The lowest BCUT2D eigenvalue weighted by Crippen LogP contribution is -2.60. The van der Waals surface area contributed by atoms with Crippen LogP contribution in [0.4, 0.5) is 5.95 Å².